The molecule has 0 atom stereocenters. The minimum absolute atomic E-state index is 0.0246. The van der Waals surface area contributed by atoms with Crippen LogP contribution in [0.15, 0.2) is 41.2 Å². The van der Waals surface area contributed by atoms with Gasteiger partial charge in [0, 0.05) is 37.8 Å². The molecule has 0 aliphatic carbocycles. The third-order valence-electron chi connectivity index (χ3n) is 5.12. The summed E-state index contributed by atoms with van der Waals surface area (Å²) in [6, 6.07) is 7.56. The smallest absolute Gasteiger partial charge is 0.322 e. The topological polar surface area (TPSA) is 96.5 Å². The number of urea groups is 1. The van der Waals surface area contributed by atoms with Crippen LogP contribution in [0.5, 0.6) is 0 Å². The number of carbonyl (C=O) groups is 2. The van der Waals surface area contributed by atoms with Gasteiger partial charge in [0.15, 0.2) is 5.58 Å². The van der Waals surface area contributed by atoms with Crippen LogP contribution in [0.25, 0.3) is 11.0 Å². The molecule has 2 fully saturated rings. The summed E-state index contributed by atoms with van der Waals surface area (Å²) >= 11 is 0. The Morgan fingerprint density at radius 3 is 2.96 bits per heavy atom. The summed E-state index contributed by atoms with van der Waals surface area (Å²) in [6.07, 6.45) is 3.78. The minimum Gasteiger partial charge on any atom is -0.356 e. The van der Waals surface area contributed by atoms with Crippen LogP contribution in [0.1, 0.15) is 11.7 Å². The molecule has 2 aliphatic heterocycles. The number of anilines is 1. The quantitative estimate of drug-likeness (QED) is 0.748. The molecule has 9 heteroatoms. The molecule has 9 nitrogen and oxygen atoms in total. The number of para-hydroxylation sites is 1. The molecule has 1 aromatic carbocycles. The number of hydrogen-bond acceptors (Lipinski definition) is 5. The van der Waals surface area contributed by atoms with Crippen molar-refractivity contribution >= 4 is 28.6 Å². The van der Waals surface area contributed by atoms with Crippen LogP contribution in [0.4, 0.5) is 10.5 Å². The van der Waals surface area contributed by atoms with Crippen molar-refractivity contribution in [2.75, 3.05) is 31.1 Å². The lowest BCUT2D eigenvalue weighted by molar-refractivity contribution is -0.136. The summed E-state index contributed by atoms with van der Waals surface area (Å²) in [5.74, 6) is 0.0246. The van der Waals surface area contributed by atoms with E-state index in [9.17, 15) is 9.59 Å². The maximum Gasteiger partial charge on any atom is 0.322 e. The molecule has 0 spiro atoms. The van der Waals surface area contributed by atoms with E-state index in [1.54, 1.807) is 16.0 Å². The predicted molar refractivity (Wildman–Crippen MR) is 96.3 cm³/mol. The van der Waals surface area contributed by atoms with Crippen LogP contribution >= 0.6 is 0 Å². The maximum atomic E-state index is 12.5. The highest BCUT2D eigenvalue weighted by Gasteiger charge is 2.33. The summed E-state index contributed by atoms with van der Waals surface area (Å²) in [5, 5.41) is 12.0. The van der Waals surface area contributed by atoms with Crippen LogP contribution in [0.2, 0.25) is 0 Å². The molecular weight excluding hydrogens is 348 g/mol. The van der Waals surface area contributed by atoms with E-state index >= 15 is 0 Å². The zero-order chi connectivity index (χ0) is 18.4. The number of nitrogens with one attached hydrogen (secondary N) is 1. The minimum atomic E-state index is -0.0974. The fraction of sp³-hybridized carbons (Fsp3) is 0.333. The number of fused-ring (bicyclic) bond motifs is 1. The van der Waals surface area contributed by atoms with Gasteiger partial charge in [-0.25, -0.2) is 4.79 Å². The number of carbonyl (C=O) groups excluding carboxylic acids is 2. The van der Waals surface area contributed by atoms with E-state index in [-0.39, 0.29) is 24.4 Å². The summed E-state index contributed by atoms with van der Waals surface area (Å²) < 4.78 is 7.09. The SMILES string of the molecule is O=C(Cc1noc2ccccc12)N1CC(n2cc(N3CCNC3=O)cn2)C1. The van der Waals surface area contributed by atoms with Crippen molar-refractivity contribution in [3.05, 3.63) is 42.4 Å². The third kappa shape index (κ3) is 2.71. The molecule has 138 valence electrons. The van der Waals surface area contributed by atoms with Gasteiger partial charge in [0.05, 0.1) is 24.3 Å². The Kier molecular flexibility index (Phi) is 3.59. The van der Waals surface area contributed by atoms with Crippen molar-refractivity contribution in [3.8, 4) is 0 Å². The van der Waals surface area contributed by atoms with Crippen LogP contribution in [0.3, 0.4) is 0 Å². The second kappa shape index (κ2) is 6.11. The van der Waals surface area contributed by atoms with Gasteiger partial charge in [-0.2, -0.15) is 5.10 Å². The van der Waals surface area contributed by atoms with Crippen LogP contribution in [-0.2, 0) is 11.2 Å². The average molecular weight is 366 g/mol. The van der Waals surface area contributed by atoms with Gasteiger partial charge in [0.2, 0.25) is 5.91 Å². The zero-order valence-corrected chi connectivity index (χ0v) is 14.5. The lowest BCUT2D eigenvalue weighted by Crippen LogP contribution is -2.51. The molecule has 3 amide bonds. The highest BCUT2D eigenvalue weighted by molar-refractivity contribution is 5.93. The number of hydrogen-bond donors (Lipinski definition) is 1. The molecule has 0 unspecified atom stereocenters. The number of rotatable bonds is 4. The average Bonchev–Trinajstić information content (AvgIpc) is 3.34. The summed E-state index contributed by atoms with van der Waals surface area (Å²) in [4.78, 5) is 27.7. The molecular formula is C18H18N6O3. The van der Waals surface area contributed by atoms with Crippen LogP contribution in [0, 0.1) is 0 Å². The zero-order valence-electron chi connectivity index (χ0n) is 14.5. The van der Waals surface area contributed by atoms with Gasteiger partial charge in [0.1, 0.15) is 5.69 Å². The molecule has 5 rings (SSSR count). The number of likely N-dealkylation sites (tertiary alicyclic amines) is 1. The Morgan fingerprint density at radius 1 is 1.30 bits per heavy atom. The van der Waals surface area contributed by atoms with Gasteiger partial charge in [-0.3, -0.25) is 14.4 Å². The molecule has 0 saturated carbocycles. The van der Waals surface area contributed by atoms with Gasteiger partial charge in [-0.05, 0) is 12.1 Å². The predicted octanol–water partition coefficient (Wildman–Crippen LogP) is 1.18. The van der Waals surface area contributed by atoms with Crippen molar-refractivity contribution in [2.45, 2.75) is 12.5 Å². The summed E-state index contributed by atoms with van der Waals surface area (Å²) in [7, 11) is 0. The van der Waals surface area contributed by atoms with E-state index in [1.807, 2.05) is 35.1 Å². The molecule has 0 radical (unpaired) electrons. The normalized spacial score (nSPS) is 17.4. The monoisotopic (exact) mass is 366 g/mol. The van der Waals surface area contributed by atoms with Crippen molar-refractivity contribution in [1.82, 2.24) is 25.2 Å². The number of amides is 3. The lowest BCUT2D eigenvalue weighted by Gasteiger charge is -2.39. The van der Waals surface area contributed by atoms with Gasteiger partial charge < -0.3 is 14.7 Å². The Balaban J connectivity index is 1.21. The molecule has 0 bridgehead atoms. The van der Waals surface area contributed by atoms with Gasteiger partial charge >= 0.3 is 6.03 Å². The second-order valence-corrected chi connectivity index (χ2v) is 6.82. The van der Waals surface area contributed by atoms with Crippen molar-refractivity contribution in [2.24, 2.45) is 0 Å². The molecule has 2 aliphatic rings. The number of benzene rings is 1. The number of nitrogens with zero attached hydrogens (tertiary/aromatic N) is 5. The second-order valence-electron chi connectivity index (χ2n) is 6.82. The number of aromatic nitrogens is 3. The summed E-state index contributed by atoms with van der Waals surface area (Å²) in [6.45, 7) is 2.49. The Bertz CT molecular complexity index is 1020. The molecule has 1 N–H and O–H groups in total. The largest absolute Gasteiger partial charge is 0.356 e. The highest BCUT2D eigenvalue weighted by Crippen LogP contribution is 2.25. The van der Waals surface area contributed by atoms with Crippen molar-refractivity contribution in [3.63, 3.8) is 0 Å². The van der Waals surface area contributed by atoms with E-state index in [4.69, 9.17) is 4.52 Å². The molecule has 4 heterocycles. The van der Waals surface area contributed by atoms with Gasteiger partial charge in [0.25, 0.3) is 0 Å². The maximum absolute atomic E-state index is 12.5. The van der Waals surface area contributed by atoms with Crippen LogP contribution in [-0.4, -0.2) is 58.0 Å². The standard InChI is InChI=1S/C18H18N6O3/c25-17(7-15-14-3-1-2-4-16(14)27-21-15)22-9-13(10-22)24-11-12(8-20-24)23-6-5-19-18(23)26/h1-4,8,11,13H,5-7,9-10H2,(H,19,26). The Labute approximate surface area is 154 Å². The van der Waals surface area contributed by atoms with E-state index in [0.29, 0.717) is 37.5 Å². The molecule has 27 heavy (non-hydrogen) atoms. The van der Waals surface area contributed by atoms with Crippen LogP contribution < -0.4 is 10.2 Å². The molecule has 3 aromatic rings. The highest BCUT2D eigenvalue weighted by atomic mass is 16.5. The first-order valence-corrected chi connectivity index (χ1v) is 8.89. The first kappa shape index (κ1) is 15.9. The van der Waals surface area contributed by atoms with Crippen molar-refractivity contribution in [1.29, 1.82) is 0 Å². The summed E-state index contributed by atoms with van der Waals surface area (Å²) in [5.41, 5.74) is 2.14. The van der Waals surface area contributed by atoms with E-state index in [1.165, 1.54) is 0 Å². The van der Waals surface area contributed by atoms with E-state index < -0.39 is 0 Å². The Hall–Kier alpha value is -3.36. The van der Waals surface area contributed by atoms with E-state index in [2.05, 4.69) is 15.6 Å². The van der Waals surface area contributed by atoms with Crippen molar-refractivity contribution < 1.29 is 14.1 Å². The molecule has 2 saturated heterocycles. The fourth-order valence-electron chi connectivity index (χ4n) is 3.53. The Morgan fingerprint density at radius 2 is 2.15 bits per heavy atom. The van der Waals surface area contributed by atoms with Gasteiger partial charge in [-0.1, -0.05) is 17.3 Å². The first-order chi connectivity index (χ1) is 13.2. The molecule has 2 aromatic heterocycles. The first-order valence-electron chi connectivity index (χ1n) is 8.89. The van der Waals surface area contributed by atoms with Gasteiger partial charge in [-0.15, -0.1) is 0 Å². The lowest BCUT2D eigenvalue weighted by atomic mass is 10.1. The third-order valence-corrected chi connectivity index (χ3v) is 5.12. The van der Waals surface area contributed by atoms with E-state index in [0.717, 1.165) is 11.1 Å². The fourth-order valence-corrected chi connectivity index (χ4v) is 3.53.